The van der Waals surface area contributed by atoms with Crippen molar-refractivity contribution in [1.82, 2.24) is 0 Å². The van der Waals surface area contributed by atoms with Crippen LogP contribution in [0.4, 0.5) is 0 Å². The van der Waals surface area contributed by atoms with E-state index in [2.05, 4.69) is 12.1 Å². The van der Waals surface area contributed by atoms with E-state index < -0.39 is 17.3 Å². The number of carbonyl (C=O) groups excluding carboxylic acids is 3. The van der Waals surface area contributed by atoms with Gasteiger partial charge in [-0.05, 0) is 72.1 Å². The second-order valence-electron chi connectivity index (χ2n) is 10.3. The van der Waals surface area contributed by atoms with Crippen molar-refractivity contribution < 1.29 is 14.4 Å². The smallest absolute Gasteiger partial charge is 0.174 e. The van der Waals surface area contributed by atoms with Crippen molar-refractivity contribution in [2.24, 2.45) is 35.5 Å². The Bertz CT molecular complexity index is 1180. The van der Waals surface area contributed by atoms with Gasteiger partial charge in [-0.2, -0.15) is 0 Å². The van der Waals surface area contributed by atoms with Crippen LogP contribution in [-0.2, 0) is 15.0 Å². The number of Topliss-reactive ketones (excluding diaryl/α,β-unsaturated/α-hetero) is 1. The molecule has 0 amide bonds. The first kappa shape index (κ1) is 17.8. The van der Waals surface area contributed by atoms with Gasteiger partial charge in [0.25, 0.3) is 0 Å². The normalized spacial score (nSPS) is 41.1. The summed E-state index contributed by atoms with van der Waals surface area (Å²) in [4.78, 5) is 41.4. The van der Waals surface area contributed by atoms with Crippen LogP contribution in [0.3, 0.4) is 0 Å². The Morgan fingerprint density at radius 1 is 0.806 bits per heavy atom. The number of allylic oxidation sites excluding steroid dienone is 2. The lowest BCUT2D eigenvalue weighted by Gasteiger charge is -2.64. The Hall–Kier alpha value is -2.81. The second-order valence-corrected chi connectivity index (χ2v) is 10.3. The molecule has 6 aliphatic rings. The quantitative estimate of drug-likeness (QED) is 0.687. The Balaban J connectivity index is 1.59. The van der Waals surface area contributed by atoms with E-state index in [0.29, 0.717) is 23.3 Å². The molecule has 0 saturated heterocycles. The predicted molar refractivity (Wildman–Crippen MR) is 116 cm³/mol. The molecular weight excluding hydrogens is 384 g/mol. The van der Waals surface area contributed by atoms with E-state index in [1.54, 1.807) is 0 Å². The first-order valence-corrected chi connectivity index (χ1v) is 11.6. The summed E-state index contributed by atoms with van der Waals surface area (Å²) in [6.07, 6.45) is 6.40. The molecular formula is C28H24O3. The molecule has 8 atom stereocenters. The average molecular weight is 408 g/mol. The van der Waals surface area contributed by atoms with E-state index in [1.165, 1.54) is 18.6 Å². The molecule has 0 unspecified atom stereocenters. The molecule has 0 radical (unpaired) electrons. The standard InChI is InChI=1S/C28H24O3/c29-20-12-13-21(30)26-24(20)23-18-8-4-5-9-19(18)28(26,27(31)15-6-2-1-3-7-15)25-17-11-10-16(14-17)22(23)25/h1-9,12-13,16-17,22-26H,10-11,14H2/t16-,17+,22-,23+,24+,25-,26+,28+/m0/s1. The topological polar surface area (TPSA) is 51.2 Å². The summed E-state index contributed by atoms with van der Waals surface area (Å²) < 4.78 is 0. The summed E-state index contributed by atoms with van der Waals surface area (Å²) in [6.45, 7) is 0. The van der Waals surface area contributed by atoms with Gasteiger partial charge in [-0.15, -0.1) is 0 Å². The fraction of sp³-hybridized carbons (Fsp3) is 0.393. The highest BCUT2D eigenvalue weighted by Gasteiger charge is 2.75. The van der Waals surface area contributed by atoms with Crippen LogP contribution in [0.25, 0.3) is 0 Å². The van der Waals surface area contributed by atoms with E-state index in [-0.39, 0.29) is 29.2 Å². The lowest BCUT2D eigenvalue weighted by atomic mass is 9.36. The summed E-state index contributed by atoms with van der Waals surface area (Å²) in [5.74, 6) is 0.651. The predicted octanol–water partition coefficient (Wildman–Crippen LogP) is 4.52. The van der Waals surface area contributed by atoms with Gasteiger partial charge in [0, 0.05) is 17.4 Å². The summed E-state index contributed by atoms with van der Waals surface area (Å²) in [6, 6.07) is 17.7. The molecule has 3 fully saturated rings. The van der Waals surface area contributed by atoms with Gasteiger partial charge in [-0.25, -0.2) is 0 Å². The lowest BCUT2D eigenvalue weighted by molar-refractivity contribution is -0.142. The number of fused-ring (bicyclic) bond motifs is 2. The summed E-state index contributed by atoms with van der Waals surface area (Å²) in [5, 5.41) is 0. The van der Waals surface area contributed by atoms with Crippen molar-refractivity contribution in [3.63, 3.8) is 0 Å². The van der Waals surface area contributed by atoms with Crippen molar-refractivity contribution in [2.45, 2.75) is 30.6 Å². The van der Waals surface area contributed by atoms with Crippen LogP contribution in [0.5, 0.6) is 0 Å². The minimum atomic E-state index is -0.931. The molecule has 0 N–H and O–H groups in total. The van der Waals surface area contributed by atoms with Gasteiger partial charge >= 0.3 is 0 Å². The number of carbonyl (C=O) groups is 3. The third-order valence-corrected chi connectivity index (χ3v) is 9.38. The molecule has 31 heavy (non-hydrogen) atoms. The van der Waals surface area contributed by atoms with E-state index in [0.717, 1.165) is 24.0 Å². The number of rotatable bonds is 2. The van der Waals surface area contributed by atoms with Crippen LogP contribution in [0.2, 0.25) is 0 Å². The molecule has 3 heteroatoms. The Kier molecular flexibility index (Phi) is 3.40. The van der Waals surface area contributed by atoms with Gasteiger partial charge in [-0.3, -0.25) is 14.4 Å². The Labute approximate surface area is 181 Å². The van der Waals surface area contributed by atoms with E-state index >= 15 is 0 Å². The van der Waals surface area contributed by atoms with Gasteiger partial charge in [0.05, 0.1) is 5.41 Å². The zero-order valence-corrected chi connectivity index (χ0v) is 17.2. The highest BCUT2D eigenvalue weighted by Crippen LogP contribution is 2.74. The zero-order chi connectivity index (χ0) is 20.9. The highest BCUT2D eigenvalue weighted by molar-refractivity contribution is 6.15. The molecule has 8 rings (SSSR count). The van der Waals surface area contributed by atoms with Crippen LogP contribution in [0.1, 0.15) is 46.7 Å². The first-order chi connectivity index (χ1) is 15.1. The maximum absolute atomic E-state index is 14.6. The second kappa shape index (κ2) is 5.91. The lowest BCUT2D eigenvalue weighted by Crippen LogP contribution is -2.68. The molecule has 6 aliphatic carbocycles. The fourth-order valence-corrected chi connectivity index (χ4v) is 8.74. The monoisotopic (exact) mass is 408 g/mol. The molecule has 2 aromatic rings. The van der Waals surface area contributed by atoms with Gasteiger partial charge in [0.2, 0.25) is 0 Å². The average Bonchev–Trinajstić information content (AvgIpc) is 3.44. The minimum Gasteiger partial charge on any atom is -0.294 e. The van der Waals surface area contributed by atoms with Gasteiger partial charge in [0.15, 0.2) is 17.3 Å². The fourth-order valence-electron chi connectivity index (χ4n) is 8.74. The summed E-state index contributed by atoms with van der Waals surface area (Å²) in [5.41, 5.74) is 1.91. The van der Waals surface area contributed by atoms with E-state index in [4.69, 9.17) is 0 Å². The van der Waals surface area contributed by atoms with Crippen LogP contribution in [0.15, 0.2) is 66.7 Å². The van der Waals surface area contributed by atoms with E-state index in [1.807, 2.05) is 42.5 Å². The van der Waals surface area contributed by atoms with Crippen molar-refractivity contribution in [3.05, 3.63) is 83.4 Å². The third kappa shape index (κ3) is 1.94. The molecule has 154 valence electrons. The number of hydrogen-bond acceptors (Lipinski definition) is 3. The molecule has 4 bridgehead atoms. The van der Waals surface area contributed by atoms with Crippen molar-refractivity contribution in [2.75, 3.05) is 0 Å². The van der Waals surface area contributed by atoms with Crippen LogP contribution < -0.4 is 0 Å². The molecule has 0 aromatic heterocycles. The Morgan fingerprint density at radius 2 is 1.52 bits per heavy atom. The maximum Gasteiger partial charge on any atom is 0.174 e. The van der Waals surface area contributed by atoms with Crippen LogP contribution in [0, 0.1) is 35.5 Å². The third-order valence-electron chi connectivity index (χ3n) is 9.38. The summed E-state index contributed by atoms with van der Waals surface area (Å²) in [7, 11) is 0. The molecule has 2 aromatic carbocycles. The number of ketones is 3. The van der Waals surface area contributed by atoms with Gasteiger partial charge in [-0.1, -0.05) is 54.6 Å². The number of benzene rings is 2. The molecule has 0 spiro atoms. The minimum absolute atomic E-state index is 0.0328. The molecule has 0 aliphatic heterocycles. The van der Waals surface area contributed by atoms with E-state index in [9.17, 15) is 14.4 Å². The van der Waals surface area contributed by atoms with Crippen molar-refractivity contribution in [1.29, 1.82) is 0 Å². The SMILES string of the molecule is O=C1C=CC(=O)[C@@H]2[C@H]1[C@@H]1c3ccccc3[C@@]2(C(=O)c2ccccc2)[C@H]2[C@@H]3CC[C@@H](C3)[C@@H]12. The van der Waals surface area contributed by atoms with Crippen LogP contribution in [-0.4, -0.2) is 17.3 Å². The van der Waals surface area contributed by atoms with Crippen LogP contribution >= 0.6 is 0 Å². The number of hydrogen-bond donors (Lipinski definition) is 0. The first-order valence-electron chi connectivity index (χ1n) is 11.6. The summed E-state index contributed by atoms with van der Waals surface area (Å²) >= 11 is 0. The molecule has 0 heterocycles. The van der Waals surface area contributed by atoms with Gasteiger partial charge < -0.3 is 0 Å². The zero-order valence-electron chi connectivity index (χ0n) is 17.2. The van der Waals surface area contributed by atoms with Crippen molar-refractivity contribution in [3.8, 4) is 0 Å². The molecule has 3 saturated carbocycles. The molecule has 3 nitrogen and oxygen atoms in total. The van der Waals surface area contributed by atoms with Gasteiger partial charge in [0.1, 0.15) is 0 Å². The highest BCUT2D eigenvalue weighted by atomic mass is 16.1. The van der Waals surface area contributed by atoms with Crippen molar-refractivity contribution >= 4 is 17.3 Å². The largest absolute Gasteiger partial charge is 0.294 e. The Morgan fingerprint density at radius 3 is 2.35 bits per heavy atom. The maximum atomic E-state index is 14.6.